The first-order valence-corrected chi connectivity index (χ1v) is 6.08. The van der Waals surface area contributed by atoms with Crippen LogP contribution in [0.25, 0.3) is 6.08 Å². The molecular weight excluding hydrogens is 208 g/mol. The van der Waals surface area contributed by atoms with Crippen LogP contribution in [0.15, 0.2) is 18.7 Å². The highest BCUT2D eigenvalue weighted by Gasteiger charge is 2.29. The Morgan fingerprint density at radius 1 is 0.941 bits per heavy atom. The molecule has 0 saturated carbocycles. The fourth-order valence-electron chi connectivity index (χ4n) is 2.35. The molecule has 0 radical (unpaired) electrons. The van der Waals surface area contributed by atoms with Crippen molar-refractivity contribution in [3.63, 3.8) is 0 Å². The van der Waals surface area contributed by atoms with Crippen LogP contribution in [0.5, 0.6) is 5.75 Å². The van der Waals surface area contributed by atoms with Crippen LogP contribution in [0, 0.1) is 0 Å². The minimum atomic E-state index is -0.0777. The number of hydrogen-bond donors (Lipinski definition) is 1. The Kier molecular flexibility index (Phi) is 3.42. The van der Waals surface area contributed by atoms with E-state index in [1.54, 1.807) is 6.07 Å². The first-order valence-electron chi connectivity index (χ1n) is 6.08. The van der Waals surface area contributed by atoms with Gasteiger partial charge in [0.2, 0.25) is 0 Å². The van der Waals surface area contributed by atoms with Gasteiger partial charge < -0.3 is 5.11 Å². The van der Waals surface area contributed by atoms with Gasteiger partial charge in [-0.15, -0.1) is 0 Å². The van der Waals surface area contributed by atoms with Crippen molar-refractivity contribution in [2.75, 3.05) is 0 Å². The largest absolute Gasteiger partial charge is 0.508 e. The van der Waals surface area contributed by atoms with Crippen molar-refractivity contribution in [1.29, 1.82) is 0 Å². The quantitative estimate of drug-likeness (QED) is 0.748. The summed E-state index contributed by atoms with van der Waals surface area (Å²) < 4.78 is 0. The maximum Gasteiger partial charge on any atom is 0.119 e. The second-order valence-electron chi connectivity index (χ2n) is 6.63. The Hall–Kier alpha value is -1.24. The van der Waals surface area contributed by atoms with E-state index >= 15 is 0 Å². The van der Waals surface area contributed by atoms with E-state index in [0.29, 0.717) is 5.75 Å². The van der Waals surface area contributed by atoms with Gasteiger partial charge in [0.25, 0.3) is 0 Å². The van der Waals surface area contributed by atoms with E-state index in [4.69, 9.17) is 0 Å². The third kappa shape index (κ3) is 2.71. The van der Waals surface area contributed by atoms with Crippen LogP contribution in [0.3, 0.4) is 0 Å². The Morgan fingerprint density at radius 2 is 1.41 bits per heavy atom. The number of aromatic hydroxyl groups is 1. The summed E-state index contributed by atoms with van der Waals surface area (Å²) in [5, 5.41) is 10.2. The maximum absolute atomic E-state index is 10.2. The standard InChI is InChI=1S/C16H24O/c1-8-11-9-10-12(17)14(16(5,6)7)13(11)15(2,3)4/h8-10,17H,1H2,2-7H3. The monoisotopic (exact) mass is 232 g/mol. The average molecular weight is 232 g/mol. The number of hydrogen-bond acceptors (Lipinski definition) is 1. The average Bonchev–Trinajstić information content (AvgIpc) is 2.13. The maximum atomic E-state index is 10.2. The van der Waals surface area contributed by atoms with E-state index in [2.05, 4.69) is 48.1 Å². The van der Waals surface area contributed by atoms with Gasteiger partial charge in [0.1, 0.15) is 5.75 Å². The van der Waals surface area contributed by atoms with Crippen molar-refractivity contribution in [3.8, 4) is 5.75 Å². The van der Waals surface area contributed by atoms with Crippen LogP contribution in [0.1, 0.15) is 58.2 Å². The van der Waals surface area contributed by atoms with E-state index < -0.39 is 0 Å². The van der Waals surface area contributed by atoms with Gasteiger partial charge in [0, 0.05) is 5.56 Å². The van der Waals surface area contributed by atoms with Crippen LogP contribution in [0.4, 0.5) is 0 Å². The molecule has 0 atom stereocenters. The molecule has 1 aromatic carbocycles. The van der Waals surface area contributed by atoms with Crippen molar-refractivity contribution in [2.24, 2.45) is 0 Å². The van der Waals surface area contributed by atoms with Gasteiger partial charge in [-0.05, 0) is 28.0 Å². The zero-order chi connectivity index (χ0) is 13.4. The van der Waals surface area contributed by atoms with E-state index in [1.165, 1.54) is 5.56 Å². The zero-order valence-corrected chi connectivity index (χ0v) is 11.9. The first-order chi connectivity index (χ1) is 7.59. The molecule has 1 aromatic rings. The molecule has 0 fully saturated rings. The number of rotatable bonds is 1. The smallest absolute Gasteiger partial charge is 0.119 e. The summed E-state index contributed by atoms with van der Waals surface area (Å²) in [7, 11) is 0. The minimum absolute atomic E-state index is 0.00905. The summed E-state index contributed by atoms with van der Waals surface area (Å²) in [5.41, 5.74) is 3.25. The third-order valence-corrected chi connectivity index (χ3v) is 2.94. The van der Waals surface area contributed by atoms with Gasteiger partial charge in [-0.2, -0.15) is 0 Å². The summed E-state index contributed by atoms with van der Waals surface area (Å²) in [4.78, 5) is 0. The molecule has 0 amide bonds. The van der Waals surface area contributed by atoms with E-state index in [0.717, 1.165) is 11.1 Å². The Morgan fingerprint density at radius 3 is 1.76 bits per heavy atom. The van der Waals surface area contributed by atoms with Crippen molar-refractivity contribution in [2.45, 2.75) is 52.4 Å². The fraction of sp³-hybridized carbons (Fsp3) is 0.500. The van der Waals surface area contributed by atoms with Crippen molar-refractivity contribution in [1.82, 2.24) is 0 Å². The van der Waals surface area contributed by atoms with Gasteiger partial charge in [0.05, 0.1) is 0 Å². The van der Waals surface area contributed by atoms with Crippen molar-refractivity contribution < 1.29 is 5.11 Å². The fourth-order valence-corrected chi connectivity index (χ4v) is 2.35. The van der Waals surface area contributed by atoms with Gasteiger partial charge in [-0.3, -0.25) is 0 Å². The SMILES string of the molecule is C=Cc1ccc(O)c(C(C)(C)C)c1C(C)(C)C. The molecule has 1 rings (SSSR count). The van der Waals surface area contributed by atoms with Crippen molar-refractivity contribution >= 4 is 6.08 Å². The second-order valence-corrected chi connectivity index (χ2v) is 6.63. The molecule has 1 nitrogen and oxygen atoms in total. The number of benzene rings is 1. The first kappa shape index (κ1) is 13.8. The molecule has 0 spiro atoms. The van der Waals surface area contributed by atoms with Crippen LogP contribution >= 0.6 is 0 Å². The number of phenols is 1. The minimum Gasteiger partial charge on any atom is -0.508 e. The number of phenolic OH excluding ortho intramolecular Hbond substituents is 1. The highest BCUT2D eigenvalue weighted by Crippen LogP contribution is 2.41. The summed E-state index contributed by atoms with van der Waals surface area (Å²) in [6, 6.07) is 3.71. The van der Waals surface area contributed by atoms with Crippen LogP contribution < -0.4 is 0 Å². The van der Waals surface area contributed by atoms with Crippen molar-refractivity contribution in [3.05, 3.63) is 35.4 Å². The molecule has 0 aromatic heterocycles. The molecule has 94 valence electrons. The van der Waals surface area contributed by atoms with Crippen LogP contribution in [0.2, 0.25) is 0 Å². The highest BCUT2D eigenvalue weighted by molar-refractivity contribution is 5.61. The lowest BCUT2D eigenvalue weighted by atomic mass is 9.73. The molecule has 0 unspecified atom stereocenters. The molecule has 0 aliphatic carbocycles. The lowest BCUT2D eigenvalue weighted by molar-refractivity contribution is 0.435. The van der Waals surface area contributed by atoms with Gasteiger partial charge in [0.15, 0.2) is 0 Å². The molecule has 1 N–H and O–H groups in total. The molecule has 0 aliphatic rings. The lowest BCUT2D eigenvalue weighted by Crippen LogP contribution is -2.23. The van der Waals surface area contributed by atoms with E-state index in [9.17, 15) is 5.11 Å². The molecule has 0 saturated heterocycles. The van der Waals surface area contributed by atoms with Gasteiger partial charge in [-0.25, -0.2) is 0 Å². The Balaban J connectivity index is 3.73. The topological polar surface area (TPSA) is 20.2 Å². The van der Waals surface area contributed by atoms with E-state index in [1.807, 2.05) is 12.1 Å². The lowest BCUT2D eigenvalue weighted by Gasteiger charge is -2.32. The summed E-state index contributed by atoms with van der Waals surface area (Å²) in [6.45, 7) is 16.8. The summed E-state index contributed by atoms with van der Waals surface area (Å²) in [5.74, 6) is 0.382. The third-order valence-electron chi connectivity index (χ3n) is 2.94. The highest BCUT2D eigenvalue weighted by atomic mass is 16.3. The molecule has 0 heterocycles. The summed E-state index contributed by atoms with van der Waals surface area (Å²) in [6.07, 6.45) is 1.87. The molecule has 0 aliphatic heterocycles. The van der Waals surface area contributed by atoms with Crippen LogP contribution in [-0.4, -0.2) is 5.11 Å². The van der Waals surface area contributed by atoms with Gasteiger partial charge >= 0.3 is 0 Å². The second kappa shape index (κ2) is 4.21. The Bertz CT molecular complexity index is 428. The molecule has 17 heavy (non-hydrogen) atoms. The molecule has 0 bridgehead atoms. The molecular formula is C16H24O. The normalized spacial score (nSPS) is 12.6. The Labute approximate surface area is 105 Å². The summed E-state index contributed by atoms with van der Waals surface area (Å²) >= 11 is 0. The molecule has 1 heteroatoms. The predicted molar refractivity (Wildman–Crippen MR) is 75.6 cm³/mol. The predicted octanol–water partition coefficient (Wildman–Crippen LogP) is 4.63. The van der Waals surface area contributed by atoms with Gasteiger partial charge in [-0.1, -0.05) is 60.3 Å². The zero-order valence-electron chi connectivity index (χ0n) is 11.9. The van der Waals surface area contributed by atoms with E-state index in [-0.39, 0.29) is 10.8 Å². The van der Waals surface area contributed by atoms with Crippen LogP contribution in [-0.2, 0) is 10.8 Å².